The molecule has 0 aliphatic heterocycles. The Labute approximate surface area is 187 Å². The summed E-state index contributed by atoms with van der Waals surface area (Å²) in [6, 6.07) is 18.8. The first-order valence-corrected chi connectivity index (χ1v) is 10.5. The normalized spacial score (nSPS) is 11.3. The van der Waals surface area contributed by atoms with E-state index in [1.54, 1.807) is 24.3 Å². The van der Waals surface area contributed by atoms with Crippen LogP contribution < -0.4 is 10.6 Å². The average molecular weight is 439 g/mol. The van der Waals surface area contributed by atoms with Crippen molar-refractivity contribution in [2.24, 2.45) is 0 Å². The minimum absolute atomic E-state index is 0.289. The first kappa shape index (κ1) is 23.4. The lowest BCUT2D eigenvalue weighted by Crippen LogP contribution is -2.36. The van der Waals surface area contributed by atoms with Gasteiger partial charge in [-0.2, -0.15) is 0 Å². The lowest BCUT2D eigenvalue weighted by molar-refractivity contribution is 0.0528. The molecular weight excluding hydrogens is 410 g/mol. The van der Waals surface area contributed by atoms with Crippen LogP contribution in [-0.2, 0) is 11.3 Å². The van der Waals surface area contributed by atoms with Crippen LogP contribution in [0.2, 0.25) is 0 Å². The Morgan fingerprint density at radius 1 is 0.781 bits per heavy atom. The second-order valence-electron chi connectivity index (χ2n) is 8.54. The third kappa shape index (κ3) is 7.17. The van der Waals surface area contributed by atoms with E-state index in [0.717, 1.165) is 27.8 Å². The monoisotopic (exact) mass is 438 g/mol. The molecule has 0 bridgehead atoms. The molecule has 2 N–H and O–H groups in total. The van der Waals surface area contributed by atoms with E-state index in [2.05, 4.69) is 10.6 Å². The van der Waals surface area contributed by atoms with Crippen molar-refractivity contribution in [3.8, 4) is 22.3 Å². The highest BCUT2D eigenvalue weighted by Crippen LogP contribution is 2.29. The minimum Gasteiger partial charge on any atom is -0.444 e. The fourth-order valence-corrected chi connectivity index (χ4v) is 3.21. The lowest BCUT2D eigenvalue weighted by Gasteiger charge is -2.19. The van der Waals surface area contributed by atoms with Gasteiger partial charge in [0.2, 0.25) is 0 Å². The van der Waals surface area contributed by atoms with E-state index in [-0.39, 0.29) is 11.6 Å². The molecule has 0 atom stereocenters. The molecule has 0 unspecified atom stereocenters. The van der Waals surface area contributed by atoms with Gasteiger partial charge >= 0.3 is 6.09 Å². The van der Waals surface area contributed by atoms with E-state index in [0.29, 0.717) is 19.6 Å². The number of ether oxygens (including phenoxy) is 1. The van der Waals surface area contributed by atoms with Gasteiger partial charge in [-0.3, -0.25) is 0 Å². The Balaban J connectivity index is 1.71. The summed E-state index contributed by atoms with van der Waals surface area (Å²) >= 11 is 0. The summed E-state index contributed by atoms with van der Waals surface area (Å²) in [5.41, 5.74) is 4.15. The zero-order valence-electron chi connectivity index (χ0n) is 18.5. The largest absolute Gasteiger partial charge is 0.444 e. The van der Waals surface area contributed by atoms with Crippen LogP contribution in [0.25, 0.3) is 22.3 Å². The number of benzene rings is 3. The van der Waals surface area contributed by atoms with Crippen LogP contribution in [0.3, 0.4) is 0 Å². The summed E-state index contributed by atoms with van der Waals surface area (Å²) in [6.45, 7) is 7.01. The Morgan fingerprint density at radius 3 is 1.75 bits per heavy atom. The van der Waals surface area contributed by atoms with Crippen molar-refractivity contribution in [3.05, 3.63) is 83.9 Å². The fraction of sp³-hybridized carbons (Fsp3) is 0.269. The average Bonchev–Trinajstić information content (AvgIpc) is 2.73. The number of halogens is 2. The van der Waals surface area contributed by atoms with E-state index in [1.807, 2.05) is 39.0 Å². The van der Waals surface area contributed by atoms with Gasteiger partial charge in [0.25, 0.3) is 0 Å². The number of amides is 1. The van der Waals surface area contributed by atoms with Crippen LogP contribution in [0, 0.1) is 11.6 Å². The minimum atomic E-state index is -0.533. The van der Waals surface area contributed by atoms with Crippen molar-refractivity contribution in [3.63, 3.8) is 0 Å². The molecule has 3 rings (SSSR count). The maximum atomic E-state index is 13.4. The molecule has 1 amide bonds. The van der Waals surface area contributed by atoms with Crippen LogP contribution in [0.4, 0.5) is 13.6 Å². The molecule has 0 spiro atoms. The quantitative estimate of drug-likeness (QED) is 0.451. The number of nitrogens with one attached hydrogen (secondary N) is 2. The van der Waals surface area contributed by atoms with Crippen molar-refractivity contribution in [2.45, 2.75) is 32.9 Å². The van der Waals surface area contributed by atoms with Gasteiger partial charge in [0.05, 0.1) is 0 Å². The third-order valence-electron chi connectivity index (χ3n) is 4.65. The molecule has 0 aliphatic rings. The predicted molar refractivity (Wildman–Crippen MR) is 123 cm³/mol. The van der Waals surface area contributed by atoms with Gasteiger partial charge in [-0.05, 0) is 91.1 Å². The van der Waals surface area contributed by atoms with Gasteiger partial charge in [0.15, 0.2) is 0 Å². The first-order valence-electron chi connectivity index (χ1n) is 10.5. The van der Waals surface area contributed by atoms with Crippen LogP contribution in [0.15, 0.2) is 66.7 Å². The molecule has 0 aliphatic carbocycles. The van der Waals surface area contributed by atoms with E-state index in [1.165, 1.54) is 24.3 Å². The van der Waals surface area contributed by atoms with Crippen molar-refractivity contribution in [1.29, 1.82) is 0 Å². The predicted octanol–water partition coefficient (Wildman–Crippen LogP) is 5.91. The molecule has 0 heterocycles. The summed E-state index contributed by atoms with van der Waals surface area (Å²) in [4.78, 5) is 11.7. The standard InChI is InChI=1S/C26H28F2N2O2/c1-26(2,3)32-25(31)30-13-12-29-17-18-14-21(19-4-8-23(27)9-5-19)16-22(15-18)20-6-10-24(28)11-7-20/h4-11,14-16,29H,12-13,17H2,1-3H3,(H,30,31). The third-order valence-corrected chi connectivity index (χ3v) is 4.65. The van der Waals surface area contributed by atoms with Crippen molar-refractivity contribution in [2.75, 3.05) is 13.1 Å². The first-order chi connectivity index (χ1) is 15.2. The highest BCUT2D eigenvalue weighted by molar-refractivity contribution is 5.74. The van der Waals surface area contributed by atoms with Gasteiger partial charge in [0, 0.05) is 19.6 Å². The van der Waals surface area contributed by atoms with Gasteiger partial charge in [0.1, 0.15) is 17.2 Å². The fourth-order valence-electron chi connectivity index (χ4n) is 3.21. The number of rotatable bonds is 7. The number of alkyl carbamates (subject to hydrolysis) is 1. The smallest absolute Gasteiger partial charge is 0.407 e. The molecule has 6 heteroatoms. The van der Waals surface area contributed by atoms with E-state index >= 15 is 0 Å². The SMILES string of the molecule is CC(C)(C)OC(=O)NCCNCc1cc(-c2ccc(F)cc2)cc(-c2ccc(F)cc2)c1. The molecule has 3 aromatic rings. The Hall–Kier alpha value is -3.25. The number of hydrogen-bond acceptors (Lipinski definition) is 3. The molecule has 0 saturated carbocycles. The van der Waals surface area contributed by atoms with Crippen LogP contribution >= 0.6 is 0 Å². The second-order valence-corrected chi connectivity index (χ2v) is 8.54. The summed E-state index contributed by atoms with van der Waals surface area (Å²) in [7, 11) is 0. The Kier molecular flexibility index (Phi) is 7.59. The van der Waals surface area contributed by atoms with Gasteiger partial charge < -0.3 is 15.4 Å². The molecule has 0 saturated heterocycles. The zero-order valence-corrected chi connectivity index (χ0v) is 18.5. The topological polar surface area (TPSA) is 50.4 Å². The highest BCUT2D eigenvalue weighted by atomic mass is 19.1. The summed E-state index contributed by atoms with van der Waals surface area (Å²) in [5, 5.41) is 6.02. The second kappa shape index (κ2) is 10.4. The summed E-state index contributed by atoms with van der Waals surface area (Å²) < 4.78 is 32.0. The molecule has 0 aromatic heterocycles. The molecule has 168 valence electrons. The zero-order chi connectivity index (χ0) is 23.1. The van der Waals surface area contributed by atoms with E-state index in [9.17, 15) is 13.6 Å². The summed E-state index contributed by atoms with van der Waals surface area (Å²) in [5.74, 6) is -0.578. The highest BCUT2D eigenvalue weighted by Gasteiger charge is 2.15. The molecule has 4 nitrogen and oxygen atoms in total. The van der Waals surface area contributed by atoms with Crippen molar-refractivity contribution < 1.29 is 18.3 Å². The van der Waals surface area contributed by atoms with E-state index < -0.39 is 11.7 Å². The molecule has 32 heavy (non-hydrogen) atoms. The van der Waals surface area contributed by atoms with Crippen LogP contribution in [-0.4, -0.2) is 24.8 Å². The van der Waals surface area contributed by atoms with Crippen molar-refractivity contribution in [1.82, 2.24) is 10.6 Å². The number of hydrogen-bond donors (Lipinski definition) is 2. The Bertz CT molecular complexity index is 979. The molecule has 3 aromatic carbocycles. The van der Waals surface area contributed by atoms with Crippen LogP contribution in [0.5, 0.6) is 0 Å². The maximum absolute atomic E-state index is 13.4. The number of carbonyl (C=O) groups is 1. The molecule has 0 radical (unpaired) electrons. The molecule has 0 fully saturated rings. The Morgan fingerprint density at radius 2 is 1.28 bits per heavy atom. The van der Waals surface area contributed by atoms with Gasteiger partial charge in [-0.1, -0.05) is 24.3 Å². The van der Waals surface area contributed by atoms with Gasteiger partial charge in [-0.15, -0.1) is 0 Å². The number of carbonyl (C=O) groups excluding carboxylic acids is 1. The maximum Gasteiger partial charge on any atom is 0.407 e. The molecular formula is C26H28F2N2O2. The summed E-state index contributed by atoms with van der Waals surface area (Å²) in [6.07, 6.45) is -0.448. The lowest BCUT2D eigenvalue weighted by atomic mass is 9.96. The van der Waals surface area contributed by atoms with Gasteiger partial charge in [-0.25, -0.2) is 13.6 Å². The van der Waals surface area contributed by atoms with Crippen LogP contribution in [0.1, 0.15) is 26.3 Å². The van der Waals surface area contributed by atoms with E-state index in [4.69, 9.17) is 4.74 Å². The van der Waals surface area contributed by atoms with Crippen molar-refractivity contribution >= 4 is 6.09 Å².